The van der Waals surface area contributed by atoms with Crippen molar-refractivity contribution >= 4 is 38.8 Å². The quantitative estimate of drug-likeness (QED) is 0.617. The van der Waals surface area contributed by atoms with Gasteiger partial charge in [0, 0.05) is 24.2 Å². The van der Waals surface area contributed by atoms with Gasteiger partial charge in [-0.2, -0.15) is 0 Å². The monoisotopic (exact) mass is 340 g/mol. The lowest BCUT2D eigenvalue weighted by molar-refractivity contribution is -0.133. The second-order valence-electron chi connectivity index (χ2n) is 5.89. The maximum atomic E-state index is 12.5. The lowest BCUT2D eigenvalue weighted by Gasteiger charge is -2.18. The first-order valence-corrected chi connectivity index (χ1v) is 9.07. The normalized spacial score (nSPS) is 27.5. The van der Waals surface area contributed by atoms with E-state index in [0.29, 0.717) is 6.42 Å². The average Bonchev–Trinajstić information content (AvgIpc) is 3.16. The highest BCUT2D eigenvalue weighted by Crippen LogP contribution is 2.48. The molecule has 1 aromatic rings. The average molecular weight is 341 g/mol. The van der Waals surface area contributed by atoms with Crippen LogP contribution in [0.15, 0.2) is 23.1 Å². The summed E-state index contributed by atoms with van der Waals surface area (Å²) in [5, 5.41) is -0.0635. The molecule has 116 valence electrons. The number of Topliss-reactive ketones (excluding diaryl/α,β-unsaturated/α-hetero) is 3. The van der Waals surface area contributed by atoms with Crippen molar-refractivity contribution in [2.45, 2.75) is 17.7 Å². The van der Waals surface area contributed by atoms with Gasteiger partial charge >= 0.3 is 0 Å². The molecular formula is C15H13ClO5S. The van der Waals surface area contributed by atoms with Gasteiger partial charge in [-0.25, -0.2) is 8.42 Å². The topological polar surface area (TPSA) is 85.3 Å². The molecule has 0 amide bonds. The van der Waals surface area contributed by atoms with Crippen LogP contribution in [0.3, 0.4) is 0 Å². The third kappa shape index (κ3) is 2.50. The van der Waals surface area contributed by atoms with Crippen LogP contribution in [-0.4, -0.2) is 32.0 Å². The number of rotatable bonds is 3. The van der Waals surface area contributed by atoms with Crippen molar-refractivity contribution in [3.63, 3.8) is 0 Å². The zero-order chi connectivity index (χ0) is 16.2. The van der Waals surface area contributed by atoms with E-state index >= 15 is 0 Å². The van der Waals surface area contributed by atoms with Crippen LogP contribution in [0.5, 0.6) is 0 Å². The standard InChI is InChI=1S/C15H13ClO5S/c1-22(20,21)8-2-3-9(11(16)6-8)14(18)13-12(17)5-7-4-10(7)15(13)19/h2-3,6-7,10,13H,4-5H2,1H3/t7-,10-,13?/m1/s1. The van der Waals surface area contributed by atoms with E-state index in [0.717, 1.165) is 6.26 Å². The van der Waals surface area contributed by atoms with Crippen molar-refractivity contribution in [2.24, 2.45) is 17.8 Å². The molecule has 2 saturated carbocycles. The summed E-state index contributed by atoms with van der Waals surface area (Å²) < 4.78 is 22.9. The van der Waals surface area contributed by atoms with Crippen LogP contribution in [0.4, 0.5) is 0 Å². The lowest BCUT2D eigenvalue weighted by Crippen LogP contribution is -2.37. The zero-order valence-corrected chi connectivity index (χ0v) is 13.3. The summed E-state index contributed by atoms with van der Waals surface area (Å²) in [4.78, 5) is 36.6. The number of carbonyl (C=O) groups excluding carboxylic acids is 3. The SMILES string of the molecule is CS(=O)(=O)c1ccc(C(=O)C2C(=O)C[C@H]3C[C@H]3C2=O)c(Cl)c1. The van der Waals surface area contributed by atoms with Crippen molar-refractivity contribution in [3.05, 3.63) is 28.8 Å². The molecule has 0 spiro atoms. The predicted octanol–water partition coefficient (Wildman–Crippen LogP) is 1.72. The molecule has 3 rings (SSSR count). The van der Waals surface area contributed by atoms with Crippen molar-refractivity contribution in [1.29, 1.82) is 0 Å². The number of fused-ring (bicyclic) bond motifs is 1. The minimum absolute atomic E-state index is 0.0138. The van der Waals surface area contributed by atoms with E-state index in [9.17, 15) is 22.8 Å². The summed E-state index contributed by atoms with van der Waals surface area (Å²) in [6, 6.07) is 3.69. The Balaban J connectivity index is 1.95. The minimum atomic E-state index is -3.45. The maximum absolute atomic E-state index is 12.5. The van der Waals surface area contributed by atoms with Crippen molar-refractivity contribution in [3.8, 4) is 0 Å². The summed E-state index contributed by atoms with van der Waals surface area (Å²) in [6.45, 7) is 0. The highest BCUT2D eigenvalue weighted by Gasteiger charge is 2.54. The number of halogens is 1. The van der Waals surface area contributed by atoms with Crippen molar-refractivity contribution < 1.29 is 22.8 Å². The van der Waals surface area contributed by atoms with Crippen LogP contribution in [0.1, 0.15) is 23.2 Å². The number of carbonyl (C=O) groups is 3. The van der Waals surface area contributed by atoms with E-state index in [2.05, 4.69) is 0 Å². The number of hydrogen-bond acceptors (Lipinski definition) is 5. The van der Waals surface area contributed by atoms with Crippen LogP contribution >= 0.6 is 11.6 Å². The van der Waals surface area contributed by atoms with E-state index < -0.39 is 21.5 Å². The van der Waals surface area contributed by atoms with E-state index in [1.165, 1.54) is 18.2 Å². The van der Waals surface area contributed by atoms with Crippen LogP contribution in [-0.2, 0) is 19.4 Å². The molecule has 0 heterocycles. The molecule has 0 N–H and O–H groups in total. The zero-order valence-electron chi connectivity index (χ0n) is 11.7. The highest BCUT2D eigenvalue weighted by atomic mass is 35.5. The van der Waals surface area contributed by atoms with Gasteiger partial charge in [0.05, 0.1) is 9.92 Å². The fourth-order valence-corrected chi connectivity index (χ4v) is 3.91. The fourth-order valence-electron chi connectivity index (χ4n) is 2.93. The summed E-state index contributed by atoms with van der Waals surface area (Å²) in [6.07, 6.45) is 1.96. The van der Waals surface area contributed by atoms with Gasteiger partial charge in [-0.3, -0.25) is 14.4 Å². The molecule has 2 aliphatic rings. The Bertz CT molecular complexity index is 811. The largest absolute Gasteiger partial charge is 0.298 e. The summed E-state index contributed by atoms with van der Waals surface area (Å²) in [7, 11) is -3.45. The molecule has 5 nitrogen and oxygen atoms in total. The van der Waals surface area contributed by atoms with Crippen molar-refractivity contribution in [1.82, 2.24) is 0 Å². The first kappa shape index (κ1) is 15.4. The third-order valence-corrected chi connectivity index (χ3v) is 5.68. The van der Waals surface area contributed by atoms with E-state index in [1.807, 2.05) is 0 Å². The Morgan fingerprint density at radius 1 is 1.27 bits per heavy atom. The first-order valence-electron chi connectivity index (χ1n) is 6.80. The van der Waals surface area contributed by atoms with Gasteiger partial charge in [0.15, 0.2) is 27.2 Å². The number of ketones is 3. The van der Waals surface area contributed by atoms with Gasteiger partial charge in [0.25, 0.3) is 0 Å². The van der Waals surface area contributed by atoms with E-state index in [-0.39, 0.29) is 45.3 Å². The van der Waals surface area contributed by atoms with Gasteiger partial charge in [-0.05, 0) is 30.5 Å². The number of sulfone groups is 1. The Morgan fingerprint density at radius 2 is 1.95 bits per heavy atom. The number of benzene rings is 1. The van der Waals surface area contributed by atoms with Crippen LogP contribution in [0, 0.1) is 17.8 Å². The lowest BCUT2D eigenvalue weighted by atomic mass is 9.81. The number of hydrogen-bond donors (Lipinski definition) is 0. The Kier molecular flexibility index (Phi) is 3.49. The van der Waals surface area contributed by atoms with Gasteiger partial charge in [-0.15, -0.1) is 0 Å². The van der Waals surface area contributed by atoms with Gasteiger partial charge in [-0.1, -0.05) is 11.6 Å². The highest BCUT2D eigenvalue weighted by molar-refractivity contribution is 7.90. The smallest absolute Gasteiger partial charge is 0.182 e. The third-order valence-electron chi connectivity index (χ3n) is 4.25. The molecular weight excluding hydrogens is 328 g/mol. The molecule has 0 bridgehead atoms. The fraction of sp³-hybridized carbons (Fsp3) is 0.400. The molecule has 2 fully saturated rings. The molecule has 0 aliphatic heterocycles. The van der Waals surface area contributed by atoms with Gasteiger partial charge in [0.2, 0.25) is 0 Å². The molecule has 1 unspecified atom stereocenters. The molecule has 0 aromatic heterocycles. The molecule has 1 aromatic carbocycles. The van der Waals surface area contributed by atoms with Gasteiger partial charge < -0.3 is 0 Å². The summed E-state index contributed by atoms with van der Waals surface area (Å²) in [5.74, 6) is -2.69. The first-order chi connectivity index (χ1) is 10.2. The van der Waals surface area contributed by atoms with Crippen LogP contribution in [0.25, 0.3) is 0 Å². The van der Waals surface area contributed by atoms with Crippen molar-refractivity contribution in [2.75, 3.05) is 6.26 Å². The molecule has 3 atom stereocenters. The van der Waals surface area contributed by atoms with E-state index in [4.69, 9.17) is 11.6 Å². The molecule has 0 saturated heterocycles. The maximum Gasteiger partial charge on any atom is 0.182 e. The molecule has 7 heteroatoms. The van der Waals surface area contributed by atoms with E-state index in [1.54, 1.807) is 0 Å². The molecule has 2 aliphatic carbocycles. The Morgan fingerprint density at radius 3 is 2.55 bits per heavy atom. The predicted molar refractivity (Wildman–Crippen MR) is 78.6 cm³/mol. The van der Waals surface area contributed by atoms with Gasteiger partial charge in [0.1, 0.15) is 5.92 Å². The van der Waals surface area contributed by atoms with Crippen LogP contribution in [0.2, 0.25) is 5.02 Å². The second-order valence-corrected chi connectivity index (χ2v) is 8.31. The molecule has 0 radical (unpaired) electrons. The van der Waals surface area contributed by atoms with Crippen LogP contribution < -0.4 is 0 Å². The second kappa shape index (κ2) is 4.99. The minimum Gasteiger partial charge on any atom is -0.298 e. The summed E-state index contributed by atoms with van der Waals surface area (Å²) in [5.41, 5.74) is 0.0138. The summed E-state index contributed by atoms with van der Waals surface area (Å²) >= 11 is 5.98. The molecule has 22 heavy (non-hydrogen) atoms. The Labute approximate surface area is 132 Å². The Hall–Kier alpha value is -1.53.